The Kier molecular flexibility index (Phi) is 7.44. The summed E-state index contributed by atoms with van der Waals surface area (Å²) >= 11 is 0. The number of carbonyl (C=O) groups is 1. The van der Waals surface area contributed by atoms with E-state index in [1.54, 1.807) is 25.3 Å². The second kappa shape index (κ2) is 10.8. The minimum absolute atomic E-state index is 0.148. The average molecular weight is 449 g/mol. The number of ether oxygens (including phenoxy) is 3. The van der Waals surface area contributed by atoms with E-state index in [0.29, 0.717) is 36.6 Å². The third kappa shape index (κ3) is 6.03. The van der Waals surface area contributed by atoms with Crippen molar-refractivity contribution in [3.05, 3.63) is 89.5 Å². The van der Waals surface area contributed by atoms with Gasteiger partial charge in [-0.15, -0.1) is 0 Å². The van der Waals surface area contributed by atoms with Crippen LogP contribution in [0.25, 0.3) is 0 Å². The zero-order valence-corrected chi connectivity index (χ0v) is 18.5. The van der Waals surface area contributed by atoms with E-state index in [-0.39, 0.29) is 12.7 Å². The molecule has 172 valence electrons. The van der Waals surface area contributed by atoms with Crippen molar-refractivity contribution in [2.75, 3.05) is 20.4 Å². The molecule has 33 heavy (non-hydrogen) atoms. The van der Waals surface area contributed by atoms with Crippen LogP contribution in [0.1, 0.15) is 21.5 Å². The van der Waals surface area contributed by atoms with E-state index >= 15 is 0 Å². The number of aliphatic hydroxyl groups is 1. The maximum atomic E-state index is 13.0. The molecule has 0 bridgehead atoms. The number of carbonyl (C=O) groups excluding carboxylic acids is 1. The Morgan fingerprint density at radius 2 is 1.79 bits per heavy atom. The highest BCUT2D eigenvalue weighted by atomic mass is 16.7. The van der Waals surface area contributed by atoms with E-state index in [1.165, 1.54) is 0 Å². The molecule has 0 saturated heterocycles. The topological polar surface area (TPSA) is 89.1 Å². The van der Waals surface area contributed by atoms with E-state index < -0.39 is 12.1 Å². The minimum Gasteiger partial charge on any atom is -0.497 e. The Morgan fingerprint density at radius 3 is 2.61 bits per heavy atom. The van der Waals surface area contributed by atoms with Crippen LogP contribution in [0.5, 0.6) is 17.2 Å². The fourth-order valence-electron chi connectivity index (χ4n) is 3.73. The summed E-state index contributed by atoms with van der Waals surface area (Å²) < 4.78 is 16.0. The molecule has 3 aromatic carbocycles. The predicted molar refractivity (Wildman–Crippen MR) is 125 cm³/mol. The van der Waals surface area contributed by atoms with Crippen molar-refractivity contribution < 1.29 is 24.1 Å². The first-order valence-corrected chi connectivity index (χ1v) is 10.9. The van der Waals surface area contributed by atoms with Gasteiger partial charge >= 0.3 is 0 Å². The summed E-state index contributed by atoms with van der Waals surface area (Å²) in [5.41, 5.74) is 2.53. The highest BCUT2D eigenvalue weighted by molar-refractivity contribution is 5.95. The zero-order valence-electron chi connectivity index (χ0n) is 18.5. The molecule has 4 rings (SSSR count). The normalized spacial score (nSPS) is 13.9. The van der Waals surface area contributed by atoms with Crippen LogP contribution in [0.4, 0.5) is 0 Å². The fourth-order valence-corrected chi connectivity index (χ4v) is 3.73. The van der Waals surface area contributed by atoms with Gasteiger partial charge in [-0.1, -0.05) is 42.5 Å². The highest BCUT2D eigenvalue weighted by Crippen LogP contribution is 2.32. The second-order valence-corrected chi connectivity index (χ2v) is 7.89. The van der Waals surface area contributed by atoms with Gasteiger partial charge in [0.05, 0.1) is 19.3 Å². The Morgan fingerprint density at radius 1 is 1.00 bits per heavy atom. The van der Waals surface area contributed by atoms with Crippen molar-refractivity contribution in [3.63, 3.8) is 0 Å². The SMILES string of the molecule is COc1cccc(CNC[C@H](O)[C@H](Cc2ccccc2)NC(=O)c2ccc3c(c2)OCO3)c1. The summed E-state index contributed by atoms with van der Waals surface area (Å²) in [5, 5.41) is 17.2. The third-order valence-corrected chi connectivity index (χ3v) is 5.53. The van der Waals surface area contributed by atoms with Gasteiger partial charge in [0.15, 0.2) is 11.5 Å². The summed E-state index contributed by atoms with van der Waals surface area (Å²) in [6, 6.07) is 22.1. The van der Waals surface area contributed by atoms with Gasteiger partial charge in [0.1, 0.15) is 5.75 Å². The van der Waals surface area contributed by atoms with Crippen LogP contribution in [0.3, 0.4) is 0 Å². The molecule has 2 atom stereocenters. The minimum atomic E-state index is -0.797. The third-order valence-electron chi connectivity index (χ3n) is 5.53. The summed E-state index contributed by atoms with van der Waals surface area (Å²) in [6.07, 6.45) is -0.298. The smallest absolute Gasteiger partial charge is 0.251 e. The monoisotopic (exact) mass is 448 g/mol. The molecule has 1 aliphatic heterocycles. The molecule has 3 N–H and O–H groups in total. The van der Waals surface area contributed by atoms with Gasteiger partial charge in [0, 0.05) is 18.7 Å². The number of methoxy groups -OCH3 is 1. The van der Waals surface area contributed by atoms with Gasteiger partial charge in [0.25, 0.3) is 5.91 Å². The molecule has 0 spiro atoms. The standard InChI is InChI=1S/C26H28N2O5/c1-31-21-9-5-8-19(12-21)15-27-16-23(29)22(13-18-6-3-2-4-7-18)28-26(30)20-10-11-24-25(14-20)33-17-32-24/h2-12,14,22-23,27,29H,13,15-17H2,1H3,(H,28,30)/t22-,23-/m0/s1. The summed E-state index contributed by atoms with van der Waals surface area (Å²) in [5.74, 6) is 1.67. The van der Waals surface area contributed by atoms with Gasteiger partial charge < -0.3 is 30.0 Å². The van der Waals surface area contributed by atoms with Crippen LogP contribution in [-0.4, -0.2) is 43.6 Å². The average Bonchev–Trinajstić information content (AvgIpc) is 3.32. The number of hydrogen-bond donors (Lipinski definition) is 3. The van der Waals surface area contributed by atoms with E-state index in [4.69, 9.17) is 14.2 Å². The van der Waals surface area contributed by atoms with Gasteiger partial charge in [-0.2, -0.15) is 0 Å². The zero-order chi connectivity index (χ0) is 23.0. The highest BCUT2D eigenvalue weighted by Gasteiger charge is 2.24. The van der Waals surface area contributed by atoms with E-state index in [9.17, 15) is 9.90 Å². The molecule has 7 nitrogen and oxygen atoms in total. The van der Waals surface area contributed by atoms with Crippen molar-refractivity contribution in [2.24, 2.45) is 0 Å². The van der Waals surface area contributed by atoms with Crippen LogP contribution in [0, 0.1) is 0 Å². The summed E-state index contributed by atoms with van der Waals surface area (Å²) in [7, 11) is 1.63. The molecule has 3 aromatic rings. The number of rotatable bonds is 10. The molecule has 0 aromatic heterocycles. The van der Waals surface area contributed by atoms with Crippen LogP contribution >= 0.6 is 0 Å². The molecular weight excluding hydrogens is 420 g/mol. The molecule has 0 saturated carbocycles. The van der Waals surface area contributed by atoms with Crippen LogP contribution < -0.4 is 24.8 Å². The van der Waals surface area contributed by atoms with Gasteiger partial charge in [-0.05, 0) is 47.9 Å². The fraction of sp³-hybridized carbons (Fsp3) is 0.269. The summed E-state index contributed by atoms with van der Waals surface area (Å²) in [4.78, 5) is 13.0. The Labute approximate surface area is 193 Å². The Balaban J connectivity index is 1.41. The number of nitrogens with one attached hydrogen (secondary N) is 2. The quantitative estimate of drug-likeness (QED) is 0.442. The number of benzene rings is 3. The van der Waals surface area contributed by atoms with Crippen molar-refractivity contribution in [1.82, 2.24) is 10.6 Å². The number of fused-ring (bicyclic) bond motifs is 1. The second-order valence-electron chi connectivity index (χ2n) is 7.89. The Bertz CT molecular complexity index is 1070. The number of amides is 1. The lowest BCUT2D eigenvalue weighted by Crippen LogP contribution is -2.48. The Hall–Kier alpha value is -3.55. The molecule has 0 fully saturated rings. The first kappa shape index (κ1) is 22.6. The molecule has 0 unspecified atom stereocenters. The summed E-state index contributed by atoms with van der Waals surface area (Å²) in [6.45, 7) is 1.03. The van der Waals surface area contributed by atoms with Gasteiger partial charge in [-0.3, -0.25) is 4.79 Å². The molecule has 7 heteroatoms. The van der Waals surface area contributed by atoms with E-state index in [0.717, 1.165) is 16.9 Å². The van der Waals surface area contributed by atoms with Crippen LogP contribution in [0.15, 0.2) is 72.8 Å². The lowest BCUT2D eigenvalue weighted by atomic mass is 10.00. The molecule has 1 aliphatic rings. The van der Waals surface area contributed by atoms with Crippen molar-refractivity contribution >= 4 is 5.91 Å². The lowest BCUT2D eigenvalue weighted by Gasteiger charge is -2.25. The van der Waals surface area contributed by atoms with Gasteiger partial charge in [-0.25, -0.2) is 0 Å². The van der Waals surface area contributed by atoms with Crippen molar-refractivity contribution in [2.45, 2.75) is 25.1 Å². The number of hydrogen-bond acceptors (Lipinski definition) is 6. The molecule has 1 amide bonds. The van der Waals surface area contributed by atoms with Crippen molar-refractivity contribution in [1.29, 1.82) is 0 Å². The van der Waals surface area contributed by atoms with E-state index in [1.807, 2.05) is 54.6 Å². The lowest BCUT2D eigenvalue weighted by molar-refractivity contribution is 0.0829. The first-order chi connectivity index (χ1) is 16.1. The van der Waals surface area contributed by atoms with Gasteiger partial charge in [0.2, 0.25) is 6.79 Å². The first-order valence-electron chi connectivity index (χ1n) is 10.9. The molecule has 1 heterocycles. The molecule has 0 aliphatic carbocycles. The van der Waals surface area contributed by atoms with Crippen molar-refractivity contribution in [3.8, 4) is 17.2 Å². The van der Waals surface area contributed by atoms with Crippen LogP contribution in [0.2, 0.25) is 0 Å². The molecule has 0 radical (unpaired) electrons. The largest absolute Gasteiger partial charge is 0.497 e. The maximum absolute atomic E-state index is 13.0. The van der Waals surface area contributed by atoms with E-state index in [2.05, 4.69) is 10.6 Å². The number of aliphatic hydroxyl groups excluding tert-OH is 1. The molecular formula is C26H28N2O5. The predicted octanol–water partition coefficient (Wildman–Crippen LogP) is 2.92. The maximum Gasteiger partial charge on any atom is 0.251 e. The van der Waals surface area contributed by atoms with Crippen LogP contribution in [-0.2, 0) is 13.0 Å².